The summed E-state index contributed by atoms with van der Waals surface area (Å²) >= 11 is 6.01. The molecule has 0 aromatic heterocycles. The molecule has 5 heteroatoms. The second kappa shape index (κ2) is 6.92. The molecule has 0 radical (unpaired) electrons. The predicted octanol–water partition coefficient (Wildman–Crippen LogP) is 3.84. The second-order valence-electron chi connectivity index (χ2n) is 5.57. The Kier molecular flexibility index (Phi) is 4.72. The van der Waals surface area contributed by atoms with Crippen LogP contribution in [0.1, 0.15) is 29.2 Å². The molecule has 0 spiro atoms. The lowest BCUT2D eigenvalue weighted by Gasteiger charge is -2.15. The van der Waals surface area contributed by atoms with Gasteiger partial charge in [0, 0.05) is 17.1 Å². The molecule has 0 fully saturated rings. The number of aryl methyl sites for hydroxylation is 1. The first-order chi connectivity index (χ1) is 11.2. The monoisotopic (exact) mass is 330 g/mol. The van der Waals surface area contributed by atoms with Crippen molar-refractivity contribution < 1.29 is 9.53 Å². The van der Waals surface area contributed by atoms with Gasteiger partial charge >= 0.3 is 6.03 Å². The van der Waals surface area contributed by atoms with Crippen molar-refractivity contribution in [3.63, 3.8) is 0 Å². The predicted molar refractivity (Wildman–Crippen MR) is 90.9 cm³/mol. The van der Waals surface area contributed by atoms with Crippen LogP contribution in [-0.4, -0.2) is 13.1 Å². The van der Waals surface area contributed by atoms with Crippen molar-refractivity contribution >= 4 is 17.6 Å². The van der Waals surface area contributed by atoms with E-state index in [2.05, 4.69) is 10.6 Å². The number of benzene rings is 2. The van der Waals surface area contributed by atoms with Gasteiger partial charge in [-0.15, -0.1) is 0 Å². The SMILES string of the molecule is COc1ccccc1CNC(=O)NC1CCc2cc(Cl)ccc21. The summed E-state index contributed by atoms with van der Waals surface area (Å²) in [5.74, 6) is 0.772. The van der Waals surface area contributed by atoms with Crippen LogP contribution in [0.5, 0.6) is 5.75 Å². The fourth-order valence-electron chi connectivity index (χ4n) is 2.97. The van der Waals surface area contributed by atoms with E-state index in [1.54, 1.807) is 7.11 Å². The van der Waals surface area contributed by atoms with Crippen LogP contribution in [0.2, 0.25) is 5.02 Å². The molecule has 23 heavy (non-hydrogen) atoms. The van der Waals surface area contributed by atoms with Gasteiger partial charge in [0.1, 0.15) is 5.75 Å². The van der Waals surface area contributed by atoms with E-state index in [4.69, 9.17) is 16.3 Å². The number of para-hydroxylation sites is 1. The fraction of sp³-hybridized carbons (Fsp3) is 0.278. The number of methoxy groups -OCH3 is 1. The first-order valence-corrected chi connectivity index (χ1v) is 8.00. The molecule has 0 saturated carbocycles. The van der Waals surface area contributed by atoms with Crippen LogP contribution in [0.15, 0.2) is 42.5 Å². The topological polar surface area (TPSA) is 50.4 Å². The number of ether oxygens (including phenoxy) is 1. The summed E-state index contributed by atoms with van der Waals surface area (Å²) in [6.07, 6.45) is 1.84. The Morgan fingerprint density at radius 1 is 1.30 bits per heavy atom. The summed E-state index contributed by atoms with van der Waals surface area (Å²) < 4.78 is 5.28. The lowest BCUT2D eigenvalue weighted by molar-refractivity contribution is 0.236. The van der Waals surface area contributed by atoms with Crippen molar-refractivity contribution in [3.05, 3.63) is 64.2 Å². The number of carbonyl (C=O) groups excluding carboxylic acids is 1. The molecule has 4 nitrogen and oxygen atoms in total. The van der Waals surface area contributed by atoms with Crippen LogP contribution in [0.3, 0.4) is 0 Å². The van der Waals surface area contributed by atoms with E-state index in [1.807, 2.05) is 42.5 Å². The summed E-state index contributed by atoms with van der Waals surface area (Å²) in [6.45, 7) is 0.427. The molecule has 3 rings (SSSR count). The first-order valence-electron chi connectivity index (χ1n) is 7.62. The smallest absolute Gasteiger partial charge is 0.315 e. The van der Waals surface area contributed by atoms with Crippen molar-refractivity contribution in [2.45, 2.75) is 25.4 Å². The quantitative estimate of drug-likeness (QED) is 0.895. The Bertz CT molecular complexity index is 718. The second-order valence-corrected chi connectivity index (χ2v) is 6.01. The van der Waals surface area contributed by atoms with Gasteiger partial charge in [-0.2, -0.15) is 0 Å². The molecular weight excluding hydrogens is 312 g/mol. The average Bonchev–Trinajstić information content (AvgIpc) is 2.95. The molecule has 0 heterocycles. The largest absolute Gasteiger partial charge is 0.496 e. The van der Waals surface area contributed by atoms with Crippen molar-refractivity contribution in [2.24, 2.45) is 0 Å². The highest BCUT2D eigenvalue weighted by atomic mass is 35.5. The number of hydrogen-bond donors (Lipinski definition) is 2. The summed E-state index contributed by atoms with van der Waals surface area (Å²) in [5.41, 5.74) is 3.32. The van der Waals surface area contributed by atoms with Gasteiger partial charge in [0.2, 0.25) is 0 Å². The maximum absolute atomic E-state index is 12.2. The van der Waals surface area contributed by atoms with Crippen LogP contribution in [0.4, 0.5) is 4.79 Å². The standard InChI is InChI=1S/C18H19ClN2O2/c1-23-17-5-3-2-4-13(17)11-20-18(22)21-16-9-6-12-10-14(19)7-8-15(12)16/h2-5,7-8,10,16H,6,9,11H2,1H3,(H2,20,21,22). The zero-order chi connectivity index (χ0) is 16.2. The van der Waals surface area contributed by atoms with Crippen LogP contribution < -0.4 is 15.4 Å². The molecule has 1 aliphatic carbocycles. The van der Waals surface area contributed by atoms with Crippen LogP contribution >= 0.6 is 11.6 Å². The van der Waals surface area contributed by atoms with E-state index in [1.165, 1.54) is 5.56 Å². The van der Waals surface area contributed by atoms with Gasteiger partial charge in [-0.25, -0.2) is 4.79 Å². The number of urea groups is 1. The minimum absolute atomic E-state index is 0.0416. The molecular formula is C18H19ClN2O2. The van der Waals surface area contributed by atoms with Crippen molar-refractivity contribution in [2.75, 3.05) is 7.11 Å². The number of hydrogen-bond acceptors (Lipinski definition) is 2. The highest BCUT2D eigenvalue weighted by Gasteiger charge is 2.23. The maximum atomic E-state index is 12.2. The van der Waals surface area contributed by atoms with Crippen molar-refractivity contribution in [1.82, 2.24) is 10.6 Å². The van der Waals surface area contributed by atoms with E-state index in [0.717, 1.165) is 34.7 Å². The molecule has 2 aromatic rings. The minimum atomic E-state index is -0.177. The Labute approximate surface area is 140 Å². The van der Waals surface area contributed by atoms with Gasteiger partial charge in [0.05, 0.1) is 13.2 Å². The molecule has 1 unspecified atom stereocenters. The van der Waals surface area contributed by atoms with Gasteiger partial charge in [0.15, 0.2) is 0 Å². The number of carbonyl (C=O) groups is 1. The van der Waals surface area contributed by atoms with E-state index >= 15 is 0 Å². The molecule has 1 aliphatic rings. The van der Waals surface area contributed by atoms with Gasteiger partial charge in [-0.1, -0.05) is 35.9 Å². The third-order valence-electron chi connectivity index (χ3n) is 4.12. The highest BCUT2D eigenvalue weighted by Crippen LogP contribution is 2.32. The van der Waals surface area contributed by atoms with Crippen LogP contribution in [0, 0.1) is 0 Å². The number of fused-ring (bicyclic) bond motifs is 1. The van der Waals surface area contributed by atoms with E-state index in [-0.39, 0.29) is 12.1 Å². The Morgan fingerprint density at radius 2 is 2.13 bits per heavy atom. The van der Waals surface area contributed by atoms with Gasteiger partial charge < -0.3 is 15.4 Å². The van der Waals surface area contributed by atoms with E-state index in [0.29, 0.717) is 6.54 Å². The molecule has 0 bridgehead atoms. The Morgan fingerprint density at radius 3 is 2.96 bits per heavy atom. The zero-order valence-corrected chi connectivity index (χ0v) is 13.7. The lowest BCUT2D eigenvalue weighted by atomic mass is 10.1. The third-order valence-corrected chi connectivity index (χ3v) is 4.36. The highest BCUT2D eigenvalue weighted by molar-refractivity contribution is 6.30. The Hall–Kier alpha value is -2.20. The average molecular weight is 331 g/mol. The van der Waals surface area contributed by atoms with Crippen molar-refractivity contribution in [1.29, 1.82) is 0 Å². The molecule has 0 saturated heterocycles. The number of rotatable bonds is 4. The van der Waals surface area contributed by atoms with Crippen LogP contribution in [-0.2, 0) is 13.0 Å². The summed E-state index contributed by atoms with van der Waals surface area (Å²) in [6, 6.07) is 13.4. The summed E-state index contributed by atoms with van der Waals surface area (Å²) in [7, 11) is 1.62. The molecule has 2 aromatic carbocycles. The van der Waals surface area contributed by atoms with E-state index < -0.39 is 0 Å². The molecule has 1 atom stereocenters. The fourth-order valence-corrected chi connectivity index (χ4v) is 3.16. The zero-order valence-electron chi connectivity index (χ0n) is 12.9. The first kappa shape index (κ1) is 15.7. The summed E-state index contributed by atoms with van der Waals surface area (Å²) in [4.78, 5) is 12.2. The molecule has 120 valence electrons. The van der Waals surface area contributed by atoms with Gasteiger partial charge in [-0.05, 0) is 42.2 Å². The normalized spacial score (nSPS) is 15.8. The summed E-state index contributed by atoms with van der Waals surface area (Å²) in [5, 5.41) is 6.66. The minimum Gasteiger partial charge on any atom is -0.496 e. The van der Waals surface area contributed by atoms with Crippen molar-refractivity contribution in [3.8, 4) is 5.75 Å². The lowest BCUT2D eigenvalue weighted by Crippen LogP contribution is -2.37. The number of nitrogens with one attached hydrogen (secondary N) is 2. The molecule has 0 aliphatic heterocycles. The number of halogens is 1. The van der Waals surface area contributed by atoms with Gasteiger partial charge in [-0.3, -0.25) is 0 Å². The van der Waals surface area contributed by atoms with Crippen LogP contribution in [0.25, 0.3) is 0 Å². The maximum Gasteiger partial charge on any atom is 0.315 e. The molecule has 2 amide bonds. The third kappa shape index (κ3) is 3.59. The number of amides is 2. The molecule has 2 N–H and O–H groups in total. The Balaban J connectivity index is 1.59. The van der Waals surface area contributed by atoms with Gasteiger partial charge in [0.25, 0.3) is 0 Å². The van der Waals surface area contributed by atoms with E-state index in [9.17, 15) is 4.79 Å².